The van der Waals surface area contributed by atoms with E-state index in [0.29, 0.717) is 6.54 Å². The van der Waals surface area contributed by atoms with Gasteiger partial charge in [0.05, 0.1) is 21.0 Å². The second-order valence-corrected chi connectivity index (χ2v) is 9.38. The lowest BCUT2D eigenvalue weighted by molar-refractivity contribution is 0.579. The highest BCUT2D eigenvalue weighted by atomic mass is 32.2. The van der Waals surface area contributed by atoms with Crippen LogP contribution in [0.3, 0.4) is 0 Å². The normalized spacial score (nSPS) is 37.0. The maximum absolute atomic E-state index is 13.0. The van der Waals surface area contributed by atoms with Crippen molar-refractivity contribution in [2.75, 3.05) is 18.8 Å². The van der Waals surface area contributed by atoms with Crippen LogP contribution >= 0.6 is 0 Å². The van der Waals surface area contributed by atoms with Crippen molar-refractivity contribution in [3.63, 3.8) is 0 Å². The Kier molecular flexibility index (Phi) is 3.43. The zero-order chi connectivity index (χ0) is 13.4. The third-order valence-corrected chi connectivity index (χ3v) is 6.95. The van der Waals surface area contributed by atoms with Crippen LogP contribution in [0, 0.1) is 5.41 Å². The Bertz CT molecular complexity index is 504. The molecule has 4 heteroatoms. The van der Waals surface area contributed by atoms with Gasteiger partial charge in [0.2, 0.25) is 0 Å². The standard InChI is InChI=1S/C14H24N2OS/c1-13(2,3)12-7-8-14(4,11-15-12)18(17)10-6-5-9-16-18/h7-8H,5-6,9-11H2,1-4H3. The van der Waals surface area contributed by atoms with Crippen molar-refractivity contribution in [2.24, 2.45) is 14.8 Å². The zero-order valence-corrected chi connectivity index (χ0v) is 12.7. The monoisotopic (exact) mass is 268 g/mol. The van der Waals surface area contributed by atoms with Crippen molar-refractivity contribution in [1.82, 2.24) is 0 Å². The Balaban J connectivity index is 2.29. The first-order valence-electron chi connectivity index (χ1n) is 6.71. The van der Waals surface area contributed by atoms with E-state index >= 15 is 0 Å². The SMILES string of the molecule is CC(C)(C)C1=NCC(C)(S2(=O)=NCCCC2)C=C1. The lowest BCUT2D eigenvalue weighted by atomic mass is 9.87. The van der Waals surface area contributed by atoms with Gasteiger partial charge >= 0.3 is 0 Å². The van der Waals surface area contributed by atoms with E-state index in [0.717, 1.165) is 30.9 Å². The number of nitrogens with zero attached hydrogens (tertiary/aromatic N) is 2. The third kappa shape index (κ3) is 2.40. The number of hydrogen-bond acceptors (Lipinski definition) is 3. The molecule has 2 unspecified atom stereocenters. The van der Waals surface area contributed by atoms with Crippen LogP contribution in [0.2, 0.25) is 0 Å². The van der Waals surface area contributed by atoms with Crippen molar-refractivity contribution < 1.29 is 4.21 Å². The summed E-state index contributed by atoms with van der Waals surface area (Å²) in [6.45, 7) is 9.87. The second kappa shape index (κ2) is 4.48. The second-order valence-electron chi connectivity index (χ2n) is 6.50. The maximum Gasteiger partial charge on any atom is 0.0890 e. The molecule has 0 fully saturated rings. The summed E-state index contributed by atoms with van der Waals surface area (Å²) in [5, 5.41) is 0. The van der Waals surface area contributed by atoms with Crippen LogP contribution in [-0.4, -0.2) is 33.5 Å². The molecule has 2 aliphatic heterocycles. The molecule has 0 aromatic carbocycles. The predicted molar refractivity (Wildman–Crippen MR) is 78.8 cm³/mol. The summed E-state index contributed by atoms with van der Waals surface area (Å²) >= 11 is 0. The molecule has 2 atom stereocenters. The van der Waals surface area contributed by atoms with Crippen molar-refractivity contribution in [2.45, 2.75) is 45.3 Å². The van der Waals surface area contributed by atoms with E-state index in [1.165, 1.54) is 0 Å². The zero-order valence-electron chi connectivity index (χ0n) is 11.9. The molecule has 0 radical (unpaired) electrons. The number of aliphatic imine (C=N–C) groups is 1. The molecule has 0 saturated carbocycles. The summed E-state index contributed by atoms with van der Waals surface area (Å²) in [5.41, 5.74) is 1.16. The van der Waals surface area contributed by atoms with Crippen molar-refractivity contribution in [1.29, 1.82) is 0 Å². The van der Waals surface area contributed by atoms with Gasteiger partial charge in [0.25, 0.3) is 0 Å². The Hall–Kier alpha value is -0.640. The van der Waals surface area contributed by atoms with Crippen molar-refractivity contribution in [3.05, 3.63) is 12.2 Å². The van der Waals surface area contributed by atoms with E-state index in [-0.39, 0.29) is 10.2 Å². The highest BCUT2D eigenvalue weighted by Gasteiger charge is 2.37. The topological polar surface area (TPSA) is 41.8 Å². The van der Waals surface area contributed by atoms with Gasteiger partial charge in [-0.25, -0.2) is 8.57 Å². The van der Waals surface area contributed by atoms with Crippen LogP contribution in [0.4, 0.5) is 0 Å². The van der Waals surface area contributed by atoms with Crippen molar-refractivity contribution in [3.8, 4) is 0 Å². The molecule has 2 aliphatic rings. The Morgan fingerprint density at radius 2 is 2.06 bits per heavy atom. The van der Waals surface area contributed by atoms with Crippen LogP contribution in [-0.2, 0) is 9.73 Å². The van der Waals surface area contributed by atoms with Crippen LogP contribution in [0.15, 0.2) is 21.5 Å². The summed E-state index contributed by atoms with van der Waals surface area (Å²) in [6.07, 6.45) is 6.26. The first-order valence-corrected chi connectivity index (χ1v) is 8.40. The average Bonchev–Trinajstić information content (AvgIpc) is 2.29. The molecule has 2 rings (SSSR count). The fourth-order valence-corrected chi connectivity index (χ4v) is 4.82. The maximum atomic E-state index is 13.0. The molecule has 0 amide bonds. The van der Waals surface area contributed by atoms with E-state index in [2.05, 4.69) is 42.3 Å². The number of rotatable bonds is 1. The molecule has 0 aromatic rings. The quantitative estimate of drug-likeness (QED) is 0.720. The summed E-state index contributed by atoms with van der Waals surface area (Å²) in [6, 6.07) is 0. The van der Waals surface area contributed by atoms with Crippen LogP contribution in [0.1, 0.15) is 40.5 Å². The highest BCUT2D eigenvalue weighted by molar-refractivity contribution is 7.95. The van der Waals surface area contributed by atoms with Gasteiger partial charge in [-0.15, -0.1) is 0 Å². The van der Waals surface area contributed by atoms with Gasteiger partial charge in [-0.05, 0) is 25.8 Å². The van der Waals surface area contributed by atoms with Gasteiger partial charge in [0.15, 0.2) is 0 Å². The summed E-state index contributed by atoms with van der Waals surface area (Å²) in [7, 11) is -2.13. The summed E-state index contributed by atoms with van der Waals surface area (Å²) in [5.74, 6) is 0.730. The molecule has 0 spiro atoms. The molecular formula is C14H24N2OS. The Morgan fingerprint density at radius 3 is 2.50 bits per heavy atom. The fraction of sp³-hybridized carbons (Fsp3) is 0.786. The van der Waals surface area contributed by atoms with Gasteiger partial charge in [-0.3, -0.25) is 4.99 Å². The van der Waals surface area contributed by atoms with E-state index in [1.54, 1.807) is 0 Å². The number of dihydropyridines is 1. The molecule has 0 N–H and O–H groups in total. The molecule has 0 aromatic heterocycles. The predicted octanol–water partition coefficient (Wildman–Crippen LogP) is 3.06. The molecule has 2 heterocycles. The average molecular weight is 268 g/mol. The number of hydrogen-bond donors (Lipinski definition) is 0. The minimum Gasteiger partial charge on any atom is -0.287 e. The van der Waals surface area contributed by atoms with E-state index < -0.39 is 9.73 Å². The van der Waals surface area contributed by atoms with E-state index in [4.69, 9.17) is 0 Å². The molecule has 102 valence electrons. The van der Waals surface area contributed by atoms with Crippen LogP contribution < -0.4 is 0 Å². The lowest BCUT2D eigenvalue weighted by Crippen LogP contribution is -2.42. The molecule has 3 nitrogen and oxygen atoms in total. The van der Waals surface area contributed by atoms with Crippen molar-refractivity contribution >= 4 is 15.4 Å². The fourth-order valence-electron chi connectivity index (χ4n) is 2.36. The van der Waals surface area contributed by atoms with Gasteiger partial charge in [0, 0.05) is 23.4 Å². The summed E-state index contributed by atoms with van der Waals surface area (Å²) < 4.78 is 17.0. The smallest absolute Gasteiger partial charge is 0.0890 e. The molecule has 0 saturated heterocycles. The van der Waals surface area contributed by atoms with Gasteiger partial charge in [-0.1, -0.05) is 26.8 Å². The molecular weight excluding hydrogens is 244 g/mol. The summed E-state index contributed by atoms with van der Waals surface area (Å²) in [4.78, 5) is 4.66. The third-order valence-electron chi connectivity index (χ3n) is 3.78. The molecule has 0 bridgehead atoms. The molecule has 18 heavy (non-hydrogen) atoms. The van der Waals surface area contributed by atoms with Gasteiger partial charge in [-0.2, -0.15) is 0 Å². The largest absolute Gasteiger partial charge is 0.287 e. The Morgan fingerprint density at radius 1 is 1.33 bits per heavy atom. The van der Waals surface area contributed by atoms with Gasteiger partial charge < -0.3 is 0 Å². The highest BCUT2D eigenvalue weighted by Crippen LogP contribution is 2.31. The van der Waals surface area contributed by atoms with Crippen LogP contribution in [0.5, 0.6) is 0 Å². The van der Waals surface area contributed by atoms with E-state index in [1.807, 2.05) is 6.92 Å². The number of allylic oxidation sites excluding steroid dienone is 1. The molecule has 0 aliphatic carbocycles. The van der Waals surface area contributed by atoms with E-state index in [9.17, 15) is 4.21 Å². The minimum absolute atomic E-state index is 0.0624. The van der Waals surface area contributed by atoms with Gasteiger partial charge in [0.1, 0.15) is 0 Å². The Labute approximate surface area is 111 Å². The first kappa shape index (κ1) is 13.8. The lowest BCUT2D eigenvalue weighted by Gasteiger charge is -2.34. The minimum atomic E-state index is -2.13. The van der Waals surface area contributed by atoms with Crippen LogP contribution in [0.25, 0.3) is 0 Å². The first-order chi connectivity index (χ1) is 8.27.